The molecule has 0 saturated heterocycles. The summed E-state index contributed by atoms with van der Waals surface area (Å²) in [5.74, 6) is 0.823. The van der Waals surface area contributed by atoms with E-state index in [0.29, 0.717) is 17.9 Å². The van der Waals surface area contributed by atoms with Crippen LogP contribution < -0.4 is 15.8 Å². The van der Waals surface area contributed by atoms with Crippen molar-refractivity contribution in [3.8, 4) is 5.75 Å². The Balaban J connectivity index is 2.66. The number of thioether (sulfide) groups is 1. The van der Waals surface area contributed by atoms with Gasteiger partial charge in [-0.15, -0.1) is 0 Å². The Morgan fingerprint density at radius 3 is 2.81 bits per heavy atom. The maximum absolute atomic E-state index is 12.2. The molecule has 1 aromatic rings. The van der Waals surface area contributed by atoms with Crippen LogP contribution in [-0.4, -0.2) is 37.0 Å². The summed E-state index contributed by atoms with van der Waals surface area (Å²) in [7, 11) is 0. The molecule has 1 rings (SSSR count). The monoisotopic (exact) mass is 318 g/mol. The molecule has 0 heterocycles. The van der Waals surface area contributed by atoms with E-state index in [0.717, 1.165) is 11.3 Å². The van der Waals surface area contributed by atoms with Gasteiger partial charge in [-0.3, -0.25) is 4.79 Å². The molecule has 0 radical (unpaired) electrons. The molecule has 0 aliphatic rings. The molecule has 0 aromatic heterocycles. The molecule has 7 heteroatoms. The lowest BCUT2D eigenvalue weighted by Crippen LogP contribution is -2.36. The van der Waals surface area contributed by atoms with Crippen molar-refractivity contribution >= 4 is 23.4 Å². The van der Waals surface area contributed by atoms with E-state index < -0.39 is 19.1 Å². The number of carbonyl (C=O) groups is 1. The summed E-state index contributed by atoms with van der Waals surface area (Å²) in [6.45, 7) is 1.07. The number of hydrogen-bond acceptors (Lipinski definition) is 4. The van der Waals surface area contributed by atoms with Crippen LogP contribution in [0.25, 0.3) is 0 Å². The average Bonchev–Trinajstić information content (AvgIpc) is 2.44. The first-order chi connectivity index (χ1) is 9.93. The molecule has 118 valence electrons. The Morgan fingerprint density at radius 1 is 1.48 bits per heavy atom. The first kappa shape index (κ1) is 17.7. The number of anilines is 1. The molecular formula is C14H20F2N2O2S. The van der Waals surface area contributed by atoms with Crippen molar-refractivity contribution in [2.24, 2.45) is 5.73 Å². The Morgan fingerprint density at radius 2 is 2.19 bits per heavy atom. The third-order valence-corrected chi connectivity index (χ3v) is 3.43. The fourth-order valence-corrected chi connectivity index (χ4v) is 2.09. The summed E-state index contributed by atoms with van der Waals surface area (Å²) in [4.78, 5) is 11.9. The molecule has 0 unspecified atom stereocenters. The Bertz CT molecular complexity index is 472. The summed E-state index contributed by atoms with van der Waals surface area (Å²) in [5, 5.41) is 2.67. The van der Waals surface area contributed by atoms with Gasteiger partial charge in [0.25, 0.3) is 6.43 Å². The third-order valence-electron chi connectivity index (χ3n) is 2.79. The highest BCUT2D eigenvalue weighted by atomic mass is 32.2. The third kappa shape index (κ3) is 6.31. The zero-order valence-electron chi connectivity index (χ0n) is 12.1. The maximum atomic E-state index is 12.2. The van der Waals surface area contributed by atoms with Crippen LogP contribution in [0.1, 0.15) is 12.0 Å². The number of ether oxygens (including phenoxy) is 1. The van der Waals surface area contributed by atoms with Crippen LogP contribution in [0, 0.1) is 6.92 Å². The van der Waals surface area contributed by atoms with Gasteiger partial charge in [-0.1, -0.05) is 6.07 Å². The van der Waals surface area contributed by atoms with Crippen molar-refractivity contribution in [3.05, 3.63) is 23.8 Å². The molecule has 0 spiro atoms. The molecule has 4 nitrogen and oxygen atoms in total. The first-order valence-corrected chi connectivity index (χ1v) is 7.90. The number of benzene rings is 1. The van der Waals surface area contributed by atoms with Gasteiger partial charge in [0.05, 0.1) is 6.04 Å². The van der Waals surface area contributed by atoms with Gasteiger partial charge in [0.15, 0.2) is 0 Å². The molecular weight excluding hydrogens is 298 g/mol. The number of nitrogens with two attached hydrogens (primary N) is 1. The van der Waals surface area contributed by atoms with E-state index in [9.17, 15) is 13.6 Å². The lowest BCUT2D eigenvalue weighted by atomic mass is 10.2. The number of alkyl halides is 2. The van der Waals surface area contributed by atoms with Gasteiger partial charge in [0.1, 0.15) is 12.4 Å². The Hall–Kier alpha value is -1.34. The molecule has 0 fully saturated rings. The molecule has 1 amide bonds. The van der Waals surface area contributed by atoms with Gasteiger partial charge in [0.2, 0.25) is 5.91 Å². The molecule has 1 atom stereocenters. The van der Waals surface area contributed by atoms with Crippen molar-refractivity contribution in [2.75, 3.05) is 23.9 Å². The quantitative estimate of drug-likeness (QED) is 0.773. The fraction of sp³-hybridized carbons (Fsp3) is 0.500. The number of rotatable bonds is 8. The molecule has 0 aliphatic carbocycles. The minimum Gasteiger partial charge on any atom is -0.487 e. The van der Waals surface area contributed by atoms with Crippen LogP contribution in [0.4, 0.5) is 14.5 Å². The normalized spacial score (nSPS) is 12.3. The number of halogens is 2. The lowest BCUT2D eigenvalue weighted by molar-refractivity contribution is -0.117. The topological polar surface area (TPSA) is 64.4 Å². The van der Waals surface area contributed by atoms with E-state index in [1.54, 1.807) is 30.8 Å². The second kappa shape index (κ2) is 8.84. The standard InChI is InChI=1S/C14H20F2N2O2S/c1-9-3-4-10(7-12(9)20-8-13(15)16)18-14(19)11(17)5-6-21-2/h3-4,7,11,13H,5-6,8,17H2,1-2H3,(H,18,19)/t11-/m0/s1. The minimum atomic E-state index is -2.54. The van der Waals surface area contributed by atoms with Gasteiger partial charge in [-0.05, 0) is 37.0 Å². The summed E-state index contributed by atoms with van der Waals surface area (Å²) in [5.41, 5.74) is 6.97. The van der Waals surface area contributed by atoms with E-state index in [1.165, 1.54) is 6.07 Å². The number of aryl methyl sites for hydroxylation is 1. The highest BCUT2D eigenvalue weighted by molar-refractivity contribution is 7.98. The minimum absolute atomic E-state index is 0.298. The second-order valence-electron chi connectivity index (χ2n) is 4.56. The van der Waals surface area contributed by atoms with Crippen molar-refractivity contribution in [2.45, 2.75) is 25.8 Å². The molecule has 0 saturated carbocycles. The Labute approximate surface area is 127 Å². The Kier molecular flexibility index (Phi) is 7.45. The highest BCUT2D eigenvalue weighted by Crippen LogP contribution is 2.23. The first-order valence-electron chi connectivity index (χ1n) is 6.51. The van der Waals surface area contributed by atoms with E-state index >= 15 is 0 Å². The predicted molar refractivity (Wildman–Crippen MR) is 82.3 cm³/mol. The van der Waals surface area contributed by atoms with Gasteiger partial charge in [-0.2, -0.15) is 11.8 Å². The van der Waals surface area contributed by atoms with Crippen molar-refractivity contribution in [3.63, 3.8) is 0 Å². The number of nitrogens with one attached hydrogen (secondary N) is 1. The molecule has 1 aromatic carbocycles. The van der Waals surface area contributed by atoms with Gasteiger partial charge >= 0.3 is 0 Å². The van der Waals surface area contributed by atoms with Gasteiger partial charge < -0.3 is 15.8 Å². The van der Waals surface area contributed by atoms with Gasteiger partial charge in [0, 0.05) is 11.8 Å². The highest BCUT2D eigenvalue weighted by Gasteiger charge is 2.14. The van der Waals surface area contributed by atoms with E-state index in [4.69, 9.17) is 10.5 Å². The van der Waals surface area contributed by atoms with Crippen molar-refractivity contribution in [1.29, 1.82) is 0 Å². The summed E-state index contributed by atoms with van der Waals surface area (Å²) in [6.07, 6.45) is -0.0206. The summed E-state index contributed by atoms with van der Waals surface area (Å²) >= 11 is 1.62. The fourth-order valence-electron chi connectivity index (χ4n) is 1.60. The van der Waals surface area contributed by atoms with E-state index in [1.807, 2.05) is 6.26 Å². The molecule has 21 heavy (non-hydrogen) atoms. The van der Waals surface area contributed by atoms with E-state index in [-0.39, 0.29) is 5.91 Å². The van der Waals surface area contributed by atoms with Crippen LogP contribution in [0.3, 0.4) is 0 Å². The van der Waals surface area contributed by atoms with Crippen molar-refractivity contribution in [1.82, 2.24) is 0 Å². The number of hydrogen-bond donors (Lipinski definition) is 2. The maximum Gasteiger partial charge on any atom is 0.272 e. The largest absolute Gasteiger partial charge is 0.487 e. The van der Waals surface area contributed by atoms with Gasteiger partial charge in [-0.25, -0.2) is 8.78 Å². The van der Waals surface area contributed by atoms with Crippen LogP contribution in [0.5, 0.6) is 5.75 Å². The van der Waals surface area contributed by atoms with Crippen LogP contribution in [0.15, 0.2) is 18.2 Å². The van der Waals surface area contributed by atoms with Crippen LogP contribution in [-0.2, 0) is 4.79 Å². The smallest absolute Gasteiger partial charge is 0.272 e. The molecule has 3 N–H and O–H groups in total. The average molecular weight is 318 g/mol. The van der Waals surface area contributed by atoms with Crippen molar-refractivity contribution < 1.29 is 18.3 Å². The zero-order chi connectivity index (χ0) is 15.8. The van der Waals surface area contributed by atoms with Crippen LogP contribution in [0.2, 0.25) is 0 Å². The SMILES string of the molecule is CSCC[C@H](N)C(=O)Nc1ccc(C)c(OCC(F)F)c1. The van der Waals surface area contributed by atoms with Crippen LogP contribution >= 0.6 is 11.8 Å². The number of carbonyl (C=O) groups excluding carboxylic acids is 1. The van der Waals surface area contributed by atoms with E-state index in [2.05, 4.69) is 5.32 Å². The summed E-state index contributed by atoms with van der Waals surface area (Å²) in [6, 6.07) is 4.31. The number of amides is 1. The molecule has 0 bridgehead atoms. The summed E-state index contributed by atoms with van der Waals surface area (Å²) < 4.78 is 29.4. The molecule has 0 aliphatic heterocycles. The second-order valence-corrected chi connectivity index (χ2v) is 5.55. The zero-order valence-corrected chi connectivity index (χ0v) is 12.9. The predicted octanol–water partition coefficient (Wildman–Crippen LogP) is 2.66. The lowest BCUT2D eigenvalue weighted by Gasteiger charge is -2.14.